The molecule has 0 radical (unpaired) electrons. The van der Waals surface area contributed by atoms with Gasteiger partial charge < -0.3 is 9.30 Å². The van der Waals surface area contributed by atoms with Gasteiger partial charge in [0.15, 0.2) is 0 Å². The Morgan fingerprint density at radius 2 is 2.14 bits per heavy atom. The maximum Gasteiger partial charge on any atom is 0.315 e. The fraction of sp³-hybridized carbons (Fsp3) is 0.412. The fourth-order valence-corrected chi connectivity index (χ4v) is 3.72. The van der Waals surface area contributed by atoms with Crippen molar-refractivity contribution in [1.82, 2.24) is 4.57 Å². The molecule has 2 aromatic rings. The highest BCUT2D eigenvalue weighted by Crippen LogP contribution is 2.33. The zero-order valence-electron chi connectivity index (χ0n) is 13.0. The Labute approximate surface area is 133 Å². The summed E-state index contributed by atoms with van der Waals surface area (Å²) in [6.45, 7) is 6.36. The van der Waals surface area contributed by atoms with Crippen LogP contribution < -0.4 is 0 Å². The molecule has 0 aromatic carbocycles. The number of carbonyl (C=O) groups excluding carboxylic acids is 2. The summed E-state index contributed by atoms with van der Waals surface area (Å²) in [5.74, 6) is -0.422. The van der Waals surface area contributed by atoms with Crippen molar-refractivity contribution in [3.8, 4) is 0 Å². The molecular weight excluding hydrogens is 298 g/mol. The van der Waals surface area contributed by atoms with Crippen LogP contribution in [-0.4, -0.2) is 22.4 Å². The second-order valence-corrected chi connectivity index (χ2v) is 6.85. The van der Waals surface area contributed by atoms with Crippen LogP contribution >= 0.6 is 11.3 Å². The first kappa shape index (κ1) is 15.0. The van der Waals surface area contributed by atoms with Crippen LogP contribution in [-0.2, 0) is 16.1 Å². The lowest BCUT2D eigenvalue weighted by molar-refractivity contribution is -0.149. The summed E-state index contributed by atoms with van der Waals surface area (Å²) in [5.41, 5.74) is 2.65. The maximum atomic E-state index is 12.6. The van der Waals surface area contributed by atoms with Crippen molar-refractivity contribution in [1.29, 1.82) is 0 Å². The van der Waals surface area contributed by atoms with Crippen LogP contribution in [0.4, 0.5) is 0 Å². The predicted octanol–water partition coefficient (Wildman–Crippen LogP) is 3.53. The van der Waals surface area contributed by atoms with Crippen molar-refractivity contribution in [3.63, 3.8) is 0 Å². The summed E-state index contributed by atoms with van der Waals surface area (Å²) in [7, 11) is 0. The molecule has 22 heavy (non-hydrogen) atoms. The number of ether oxygens (including phenoxy) is 1. The van der Waals surface area contributed by atoms with Gasteiger partial charge in [0.1, 0.15) is 0 Å². The highest BCUT2D eigenvalue weighted by molar-refractivity contribution is 7.12. The van der Waals surface area contributed by atoms with Crippen LogP contribution in [0.15, 0.2) is 23.6 Å². The minimum Gasteiger partial charge on any atom is -0.462 e. The molecule has 3 heterocycles. The van der Waals surface area contributed by atoms with Gasteiger partial charge in [-0.25, -0.2) is 0 Å². The Hall–Kier alpha value is -1.88. The number of rotatable bonds is 4. The summed E-state index contributed by atoms with van der Waals surface area (Å²) >= 11 is 1.46. The summed E-state index contributed by atoms with van der Waals surface area (Å²) in [4.78, 5) is 25.5. The van der Waals surface area contributed by atoms with Gasteiger partial charge in [0, 0.05) is 12.2 Å². The van der Waals surface area contributed by atoms with Gasteiger partial charge in [-0.1, -0.05) is 0 Å². The van der Waals surface area contributed by atoms with Crippen molar-refractivity contribution in [2.45, 2.75) is 45.8 Å². The van der Waals surface area contributed by atoms with E-state index in [1.54, 1.807) is 0 Å². The summed E-state index contributed by atoms with van der Waals surface area (Å²) in [5, 5.41) is 1.98. The van der Waals surface area contributed by atoms with E-state index in [1.807, 2.05) is 48.9 Å². The molecule has 1 atom stereocenters. The number of nitrogens with zero attached hydrogens (tertiary/aromatic N) is 1. The first-order chi connectivity index (χ1) is 10.5. The van der Waals surface area contributed by atoms with Gasteiger partial charge in [0.25, 0.3) is 0 Å². The zero-order chi connectivity index (χ0) is 15.9. The molecule has 1 aliphatic heterocycles. The first-order valence-corrected chi connectivity index (χ1v) is 8.35. The SMILES string of the molecule is Cc1csc(C(=O)c2ccc3n2CCC3C(=O)OC(C)C)c1. The highest BCUT2D eigenvalue weighted by Gasteiger charge is 2.33. The molecule has 0 amide bonds. The quantitative estimate of drug-likeness (QED) is 0.640. The third-order valence-electron chi connectivity index (χ3n) is 3.84. The second kappa shape index (κ2) is 5.72. The smallest absolute Gasteiger partial charge is 0.315 e. The number of aryl methyl sites for hydroxylation is 1. The number of carbonyl (C=O) groups is 2. The van der Waals surface area contributed by atoms with Crippen LogP contribution in [0.5, 0.6) is 0 Å². The molecule has 116 valence electrons. The molecule has 1 unspecified atom stereocenters. The number of hydrogen-bond donors (Lipinski definition) is 0. The normalized spacial score (nSPS) is 16.8. The van der Waals surface area contributed by atoms with Crippen LogP contribution in [0.1, 0.15) is 52.8 Å². The van der Waals surface area contributed by atoms with Gasteiger partial charge >= 0.3 is 5.97 Å². The van der Waals surface area contributed by atoms with E-state index >= 15 is 0 Å². The van der Waals surface area contributed by atoms with Crippen LogP contribution in [0.2, 0.25) is 0 Å². The number of ketones is 1. The van der Waals surface area contributed by atoms with Crippen LogP contribution in [0.25, 0.3) is 0 Å². The molecule has 5 heteroatoms. The molecule has 0 spiro atoms. The molecular formula is C17H19NO3S. The molecule has 0 saturated carbocycles. The number of hydrogen-bond acceptors (Lipinski definition) is 4. The first-order valence-electron chi connectivity index (χ1n) is 7.47. The Balaban J connectivity index is 1.87. The average molecular weight is 317 g/mol. The van der Waals surface area contributed by atoms with Crippen molar-refractivity contribution in [2.75, 3.05) is 0 Å². The topological polar surface area (TPSA) is 48.3 Å². The molecule has 3 rings (SSSR count). The Bertz CT molecular complexity index is 726. The van der Waals surface area contributed by atoms with E-state index in [0.29, 0.717) is 18.7 Å². The third-order valence-corrected chi connectivity index (χ3v) is 4.88. The Morgan fingerprint density at radius 3 is 2.77 bits per heavy atom. The lowest BCUT2D eigenvalue weighted by atomic mass is 10.1. The van der Waals surface area contributed by atoms with E-state index in [1.165, 1.54) is 11.3 Å². The molecule has 0 N–H and O–H groups in total. The minimum atomic E-state index is -0.256. The number of esters is 1. The van der Waals surface area contributed by atoms with Crippen molar-refractivity contribution >= 4 is 23.1 Å². The van der Waals surface area contributed by atoms with Crippen molar-refractivity contribution in [3.05, 3.63) is 45.4 Å². The van der Waals surface area contributed by atoms with Gasteiger partial charge in [-0.15, -0.1) is 11.3 Å². The highest BCUT2D eigenvalue weighted by atomic mass is 32.1. The number of aromatic nitrogens is 1. The summed E-state index contributed by atoms with van der Waals surface area (Å²) in [6.07, 6.45) is 0.581. The molecule has 2 aromatic heterocycles. The Morgan fingerprint density at radius 1 is 1.36 bits per heavy atom. The lowest BCUT2D eigenvalue weighted by Crippen LogP contribution is -2.18. The second-order valence-electron chi connectivity index (χ2n) is 5.94. The van der Waals surface area contributed by atoms with Gasteiger partial charge in [-0.05, 0) is 56.3 Å². The van der Waals surface area contributed by atoms with Crippen LogP contribution in [0, 0.1) is 6.92 Å². The Kier molecular flexibility index (Phi) is 3.91. The largest absolute Gasteiger partial charge is 0.462 e. The predicted molar refractivity (Wildman–Crippen MR) is 85.5 cm³/mol. The van der Waals surface area contributed by atoms with Crippen molar-refractivity contribution in [2.24, 2.45) is 0 Å². The number of fused-ring (bicyclic) bond motifs is 1. The summed E-state index contributed by atoms with van der Waals surface area (Å²) < 4.78 is 7.28. The molecule has 1 aliphatic rings. The van der Waals surface area contributed by atoms with E-state index in [-0.39, 0.29) is 23.8 Å². The summed E-state index contributed by atoms with van der Waals surface area (Å²) in [6, 6.07) is 5.61. The van der Waals surface area contributed by atoms with Gasteiger partial charge in [-0.3, -0.25) is 9.59 Å². The van der Waals surface area contributed by atoms with E-state index in [9.17, 15) is 9.59 Å². The molecule has 0 fully saturated rings. The zero-order valence-corrected chi connectivity index (χ0v) is 13.8. The van der Waals surface area contributed by atoms with Crippen molar-refractivity contribution < 1.29 is 14.3 Å². The standard InChI is InChI=1S/C17H19NO3S/c1-10(2)21-17(20)12-6-7-18-13(12)4-5-14(18)16(19)15-8-11(3)9-22-15/h4-5,8-10,12H,6-7H2,1-3H3. The third kappa shape index (κ3) is 2.61. The lowest BCUT2D eigenvalue weighted by Gasteiger charge is -2.12. The molecule has 0 saturated heterocycles. The van der Waals surface area contributed by atoms with E-state index in [2.05, 4.69) is 0 Å². The number of thiophene rings is 1. The maximum absolute atomic E-state index is 12.6. The van der Waals surface area contributed by atoms with E-state index in [0.717, 1.165) is 16.1 Å². The molecule has 0 aliphatic carbocycles. The molecule has 4 nitrogen and oxygen atoms in total. The molecule has 0 bridgehead atoms. The van der Waals surface area contributed by atoms with Gasteiger partial charge in [0.05, 0.1) is 22.6 Å². The van der Waals surface area contributed by atoms with Gasteiger partial charge in [-0.2, -0.15) is 0 Å². The van der Waals surface area contributed by atoms with Crippen LogP contribution in [0.3, 0.4) is 0 Å². The fourth-order valence-electron chi connectivity index (χ4n) is 2.87. The van der Waals surface area contributed by atoms with Gasteiger partial charge in [0.2, 0.25) is 5.78 Å². The van der Waals surface area contributed by atoms with E-state index < -0.39 is 0 Å². The average Bonchev–Trinajstić information content (AvgIpc) is 3.11. The monoisotopic (exact) mass is 317 g/mol. The minimum absolute atomic E-state index is 0.0298. The van der Waals surface area contributed by atoms with E-state index in [4.69, 9.17) is 4.74 Å².